The lowest BCUT2D eigenvalue weighted by Gasteiger charge is -2.13. The van der Waals surface area contributed by atoms with Crippen LogP contribution in [0.3, 0.4) is 0 Å². The summed E-state index contributed by atoms with van der Waals surface area (Å²) in [5.74, 6) is 0. The quantitative estimate of drug-likeness (QED) is 0.551. The summed E-state index contributed by atoms with van der Waals surface area (Å²) in [6, 6.07) is 10.8. The van der Waals surface area contributed by atoms with Gasteiger partial charge in [0.2, 0.25) is 0 Å². The molecule has 0 saturated carbocycles. The summed E-state index contributed by atoms with van der Waals surface area (Å²) in [5.41, 5.74) is 16.1. The highest BCUT2D eigenvalue weighted by molar-refractivity contribution is 6.00. The Morgan fingerprint density at radius 1 is 1.11 bits per heavy atom. The molecule has 3 heteroatoms. The molecule has 2 N–H and O–H groups in total. The van der Waals surface area contributed by atoms with Crippen LogP contribution in [0.1, 0.15) is 67.5 Å². The Hall–Kier alpha value is -2.52. The van der Waals surface area contributed by atoms with Crippen LogP contribution in [0.5, 0.6) is 0 Å². The topological polar surface area (TPSA) is 50.7 Å². The third-order valence-electron chi connectivity index (χ3n) is 4.96. The van der Waals surface area contributed by atoms with Crippen LogP contribution in [-0.2, 0) is 19.5 Å². The van der Waals surface area contributed by atoms with Crippen LogP contribution in [0.2, 0.25) is 0 Å². The van der Waals surface area contributed by atoms with E-state index in [1.165, 1.54) is 11.1 Å². The fourth-order valence-electron chi connectivity index (χ4n) is 3.41. The maximum atomic E-state index is 5.86. The lowest BCUT2D eigenvalue weighted by Crippen LogP contribution is -2.06. The SMILES string of the molecule is C=C(C)c1cc(C)c(N=CC)cc1CN=C(C)c1cc(CN)ccc1CCC. The summed E-state index contributed by atoms with van der Waals surface area (Å²) in [7, 11) is 0. The first-order valence-corrected chi connectivity index (χ1v) is 10.0. The van der Waals surface area contributed by atoms with Crippen molar-refractivity contribution >= 4 is 23.2 Å². The van der Waals surface area contributed by atoms with Gasteiger partial charge >= 0.3 is 0 Å². The zero-order valence-electron chi connectivity index (χ0n) is 18.0. The number of rotatable bonds is 8. The molecule has 28 heavy (non-hydrogen) atoms. The van der Waals surface area contributed by atoms with Crippen LogP contribution >= 0.6 is 0 Å². The van der Waals surface area contributed by atoms with Gasteiger partial charge in [0.05, 0.1) is 12.2 Å². The molecule has 0 unspecified atom stereocenters. The summed E-state index contributed by atoms with van der Waals surface area (Å²) >= 11 is 0. The number of nitrogens with zero attached hydrogens (tertiary/aromatic N) is 2. The van der Waals surface area contributed by atoms with Gasteiger partial charge in [-0.05, 0) is 85.7 Å². The molecular formula is C25H33N3. The third kappa shape index (κ3) is 5.26. The first kappa shape index (κ1) is 21.8. The number of aryl methyl sites for hydroxylation is 2. The van der Waals surface area contributed by atoms with Crippen molar-refractivity contribution in [2.45, 2.75) is 60.5 Å². The second kappa shape index (κ2) is 10.1. The fourth-order valence-corrected chi connectivity index (χ4v) is 3.41. The largest absolute Gasteiger partial charge is 0.326 e. The Labute approximate surface area is 170 Å². The number of hydrogen-bond donors (Lipinski definition) is 1. The molecule has 2 rings (SSSR count). The Kier molecular flexibility index (Phi) is 7.89. The van der Waals surface area contributed by atoms with Crippen LogP contribution in [0.4, 0.5) is 5.69 Å². The second-order valence-corrected chi connectivity index (χ2v) is 7.31. The van der Waals surface area contributed by atoms with Crippen LogP contribution in [0.15, 0.2) is 46.9 Å². The molecule has 0 aromatic heterocycles. The van der Waals surface area contributed by atoms with E-state index in [0.29, 0.717) is 13.1 Å². The number of allylic oxidation sites excluding steroid dienone is 1. The van der Waals surface area contributed by atoms with E-state index in [0.717, 1.165) is 52.1 Å². The monoisotopic (exact) mass is 375 g/mol. The molecule has 0 heterocycles. The smallest absolute Gasteiger partial charge is 0.0658 e. The van der Waals surface area contributed by atoms with Crippen molar-refractivity contribution in [1.82, 2.24) is 0 Å². The van der Waals surface area contributed by atoms with Crippen molar-refractivity contribution in [2.75, 3.05) is 0 Å². The summed E-state index contributed by atoms with van der Waals surface area (Å²) in [6.07, 6.45) is 3.98. The van der Waals surface area contributed by atoms with Gasteiger partial charge in [0.25, 0.3) is 0 Å². The summed E-state index contributed by atoms with van der Waals surface area (Å²) in [6.45, 7) is 15.7. The third-order valence-corrected chi connectivity index (χ3v) is 4.96. The van der Waals surface area contributed by atoms with Crippen molar-refractivity contribution < 1.29 is 0 Å². The van der Waals surface area contributed by atoms with E-state index in [2.05, 4.69) is 62.7 Å². The maximum Gasteiger partial charge on any atom is 0.0658 e. The van der Waals surface area contributed by atoms with E-state index >= 15 is 0 Å². The summed E-state index contributed by atoms with van der Waals surface area (Å²) in [5, 5.41) is 0. The predicted molar refractivity (Wildman–Crippen MR) is 124 cm³/mol. The van der Waals surface area contributed by atoms with E-state index in [9.17, 15) is 0 Å². The predicted octanol–water partition coefficient (Wildman–Crippen LogP) is 6.17. The standard InChI is InChI=1S/C25H33N3/c1-7-9-21-11-10-20(15-26)13-24(21)19(6)28-16-22-14-25(27-8-2)18(5)12-23(22)17(3)4/h8,10-14H,3,7,9,15-16,26H2,1-2,4-6H3. The summed E-state index contributed by atoms with van der Waals surface area (Å²) in [4.78, 5) is 9.44. The Balaban J connectivity index is 2.45. The second-order valence-electron chi connectivity index (χ2n) is 7.31. The molecule has 0 saturated heterocycles. The molecule has 0 bridgehead atoms. The molecule has 0 aliphatic heterocycles. The minimum Gasteiger partial charge on any atom is -0.326 e. The highest BCUT2D eigenvalue weighted by Crippen LogP contribution is 2.28. The van der Waals surface area contributed by atoms with Gasteiger partial charge in [-0.2, -0.15) is 0 Å². The molecule has 0 aliphatic rings. The number of benzene rings is 2. The lowest BCUT2D eigenvalue weighted by molar-refractivity contribution is 0.915. The van der Waals surface area contributed by atoms with Crippen LogP contribution < -0.4 is 5.73 Å². The average molecular weight is 376 g/mol. The molecule has 2 aromatic carbocycles. The van der Waals surface area contributed by atoms with Gasteiger partial charge in [-0.15, -0.1) is 0 Å². The minimum absolute atomic E-state index is 0.544. The molecule has 0 spiro atoms. The van der Waals surface area contributed by atoms with Gasteiger partial charge in [0.1, 0.15) is 0 Å². The molecule has 0 fully saturated rings. The van der Waals surface area contributed by atoms with Crippen LogP contribution in [-0.4, -0.2) is 11.9 Å². The van der Waals surface area contributed by atoms with Gasteiger partial charge < -0.3 is 5.73 Å². The molecule has 0 radical (unpaired) electrons. The molecule has 3 nitrogen and oxygen atoms in total. The van der Waals surface area contributed by atoms with Crippen molar-refractivity contribution in [3.63, 3.8) is 0 Å². The average Bonchev–Trinajstić information content (AvgIpc) is 2.68. The zero-order chi connectivity index (χ0) is 20.7. The highest BCUT2D eigenvalue weighted by Gasteiger charge is 2.10. The first-order chi connectivity index (χ1) is 13.4. The first-order valence-electron chi connectivity index (χ1n) is 10.0. The van der Waals surface area contributed by atoms with Gasteiger partial charge in [-0.1, -0.05) is 37.6 Å². The Morgan fingerprint density at radius 2 is 1.86 bits per heavy atom. The van der Waals surface area contributed by atoms with E-state index in [4.69, 9.17) is 10.7 Å². The molecule has 0 amide bonds. The van der Waals surface area contributed by atoms with E-state index < -0.39 is 0 Å². The fraction of sp³-hybridized carbons (Fsp3) is 0.360. The number of aliphatic imine (C=N–C) groups is 2. The number of nitrogens with two attached hydrogens (primary N) is 1. The molecule has 2 aromatic rings. The minimum atomic E-state index is 0.544. The van der Waals surface area contributed by atoms with Crippen LogP contribution in [0, 0.1) is 6.92 Å². The van der Waals surface area contributed by atoms with Gasteiger partial charge in [-0.3, -0.25) is 9.98 Å². The number of hydrogen-bond acceptors (Lipinski definition) is 3. The zero-order valence-corrected chi connectivity index (χ0v) is 18.0. The van der Waals surface area contributed by atoms with E-state index in [1.54, 1.807) is 0 Å². The van der Waals surface area contributed by atoms with Crippen molar-refractivity contribution in [1.29, 1.82) is 0 Å². The lowest BCUT2D eigenvalue weighted by atomic mass is 9.96. The van der Waals surface area contributed by atoms with Crippen molar-refractivity contribution in [2.24, 2.45) is 15.7 Å². The van der Waals surface area contributed by atoms with Gasteiger partial charge in [0.15, 0.2) is 0 Å². The summed E-state index contributed by atoms with van der Waals surface area (Å²) < 4.78 is 0. The van der Waals surface area contributed by atoms with Crippen molar-refractivity contribution in [3.8, 4) is 0 Å². The molecule has 0 aliphatic carbocycles. The van der Waals surface area contributed by atoms with E-state index in [1.807, 2.05) is 20.1 Å². The molecule has 0 atom stereocenters. The molecular weight excluding hydrogens is 342 g/mol. The van der Waals surface area contributed by atoms with Crippen molar-refractivity contribution in [3.05, 3.63) is 70.3 Å². The highest BCUT2D eigenvalue weighted by atomic mass is 14.7. The Morgan fingerprint density at radius 3 is 2.46 bits per heavy atom. The van der Waals surface area contributed by atoms with Gasteiger partial charge in [-0.25, -0.2) is 0 Å². The molecule has 148 valence electrons. The van der Waals surface area contributed by atoms with Crippen LogP contribution in [0.25, 0.3) is 5.57 Å². The normalized spacial score (nSPS) is 12.0. The Bertz CT molecular complexity index is 904. The van der Waals surface area contributed by atoms with E-state index in [-0.39, 0.29) is 0 Å². The van der Waals surface area contributed by atoms with Gasteiger partial charge in [0, 0.05) is 18.5 Å². The maximum absolute atomic E-state index is 5.86.